The predicted molar refractivity (Wildman–Crippen MR) is 85.2 cm³/mol. The molecule has 0 aliphatic rings. The monoisotopic (exact) mass is 353 g/mol. The van der Waals surface area contributed by atoms with E-state index in [9.17, 15) is 13.6 Å². The quantitative estimate of drug-likeness (QED) is 0.557. The lowest BCUT2D eigenvalue weighted by molar-refractivity contribution is 0.0952. The highest BCUT2D eigenvalue weighted by atomic mass is 35.5. The van der Waals surface area contributed by atoms with Crippen LogP contribution in [0.2, 0.25) is 5.02 Å². The van der Waals surface area contributed by atoms with E-state index >= 15 is 0 Å². The summed E-state index contributed by atoms with van der Waals surface area (Å²) < 4.78 is 29.1. The van der Waals surface area contributed by atoms with Gasteiger partial charge >= 0.3 is 0 Å². The third-order valence-electron chi connectivity index (χ3n) is 3.22. The molecule has 0 radical (unpaired) electrons. The number of thiazole rings is 1. The number of aryl methyl sites for hydroxylation is 1. The van der Waals surface area contributed by atoms with Crippen molar-refractivity contribution in [1.82, 2.24) is 9.99 Å². The van der Waals surface area contributed by atoms with Gasteiger partial charge in [0.25, 0.3) is 5.91 Å². The SMILES string of the molecule is Cn1c(=NNC(=O)c2cc(F)c(F)cc2Cl)sc2ccccc21. The average Bonchev–Trinajstić information content (AvgIpc) is 2.85. The number of aromatic nitrogens is 1. The zero-order chi connectivity index (χ0) is 16.6. The van der Waals surface area contributed by atoms with Crippen molar-refractivity contribution < 1.29 is 13.6 Å². The lowest BCUT2D eigenvalue weighted by Gasteiger charge is -2.03. The van der Waals surface area contributed by atoms with Crippen molar-refractivity contribution in [2.24, 2.45) is 12.1 Å². The van der Waals surface area contributed by atoms with Crippen molar-refractivity contribution in [2.75, 3.05) is 0 Å². The van der Waals surface area contributed by atoms with Crippen LogP contribution in [0, 0.1) is 11.6 Å². The Kier molecular flexibility index (Phi) is 4.14. The standard InChI is InChI=1S/C15H10ClF2N3OS/c1-21-12-4-2-3-5-13(12)23-15(21)20-19-14(22)8-6-10(17)11(18)7-9(8)16/h2-7H,1H3,(H,19,22). The molecule has 0 unspecified atom stereocenters. The van der Waals surface area contributed by atoms with E-state index in [-0.39, 0.29) is 10.6 Å². The number of nitrogens with zero attached hydrogens (tertiary/aromatic N) is 2. The maximum absolute atomic E-state index is 13.2. The van der Waals surface area contributed by atoms with Gasteiger partial charge in [0.2, 0.25) is 4.80 Å². The van der Waals surface area contributed by atoms with Gasteiger partial charge in [0.1, 0.15) is 0 Å². The lowest BCUT2D eigenvalue weighted by Crippen LogP contribution is -2.23. The van der Waals surface area contributed by atoms with E-state index in [4.69, 9.17) is 11.6 Å². The Morgan fingerprint density at radius 1 is 1.26 bits per heavy atom. The number of para-hydroxylation sites is 1. The first-order chi connectivity index (χ1) is 11.0. The van der Waals surface area contributed by atoms with E-state index in [2.05, 4.69) is 10.5 Å². The number of nitrogens with one attached hydrogen (secondary N) is 1. The van der Waals surface area contributed by atoms with E-state index in [1.54, 1.807) is 0 Å². The molecule has 1 heterocycles. The predicted octanol–water partition coefficient (Wildman–Crippen LogP) is 3.42. The third-order valence-corrected chi connectivity index (χ3v) is 4.65. The van der Waals surface area contributed by atoms with Gasteiger partial charge in [0.05, 0.1) is 20.8 Å². The molecule has 0 fully saturated rings. The molecule has 3 rings (SSSR count). The first-order valence-corrected chi connectivity index (χ1v) is 7.70. The van der Waals surface area contributed by atoms with Gasteiger partial charge in [-0.1, -0.05) is 35.1 Å². The molecule has 0 spiro atoms. The maximum atomic E-state index is 13.2. The lowest BCUT2D eigenvalue weighted by atomic mass is 10.2. The van der Waals surface area contributed by atoms with Gasteiger partial charge < -0.3 is 4.57 Å². The topological polar surface area (TPSA) is 46.4 Å². The number of carbonyl (C=O) groups is 1. The van der Waals surface area contributed by atoms with Crippen LogP contribution < -0.4 is 10.2 Å². The molecule has 2 aromatic carbocycles. The number of halogens is 3. The summed E-state index contributed by atoms with van der Waals surface area (Å²) in [5.41, 5.74) is 3.09. The first-order valence-electron chi connectivity index (χ1n) is 6.50. The number of rotatable bonds is 2. The molecule has 0 aliphatic heterocycles. The van der Waals surface area contributed by atoms with Gasteiger partial charge in [-0.2, -0.15) is 0 Å². The molecule has 23 heavy (non-hydrogen) atoms. The molecule has 0 bridgehead atoms. The summed E-state index contributed by atoms with van der Waals surface area (Å²) in [7, 11) is 1.81. The van der Waals surface area contributed by atoms with Crippen molar-refractivity contribution in [2.45, 2.75) is 0 Å². The minimum atomic E-state index is -1.15. The fourth-order valence-corrected chi connectivity index (χ4v) is 3.26. The molecule has 0 saturated heterocycles. The second-order valence-electron chi connectivity index (χ2n) is 4.71. The van der Waals surface area contributed by atoms with Crippen LogP contribution in [0.4, 0.5) is 8.78 Å². The zero-order valence-corrected chi connectivity index (χ0v) is 13.4. The zero-order valence-electron chi connectivity index (χ0n) is 11.8. The van der Waals surface area contributed by atoms with Crippen molar-refractivity contribution in [1.29, 1.82) is 0 Å². The molecule has 0 atom stereocenters. The molecule has 8 heteroatoms. The van der Waals surface area contributed by atoms with Crippen molar-refractivity contribution in [3.05, 3.63) is 63.4 Å². The molecule has 1 N–H and O–H groups in total. The summed E-state index contributed by atoms with van der Waals surface area (Å²) in [6, 6.07) is 9.17. The summed E-state index contributed by atoms with van der Waals surface area (Å²) in [5, 5.41) is 3.84. The Labute approximate surface area is 138 Å². The Morgan fingerprint density at radius 3 is 2.70 bits per heavy atom. The summed E-state index contributed by atoms with van der Waals surface area (Å²) in [6.07, 6.45) is 0. The molecule has 1 aromatic heterocycles. The highest BCUT2D eigenvalue weighted by molar-refractivity contribution is 7.16. The van der Waals surface area contributed by atoms with Gasteiger partial charge in [0.15, 0.2) is 11.6 Å². The number of carbonyl (C=O) groups excluding carboxylic acids is 1. The summed E-state index contributed by atoms with van der Waals surface area (Å²) in [5.74, 6) is -2.97. The van der Waals surface area contributed by atoms with Crippen LogP contribution in [-0.4, -0.2) is 10.5 Å². The largest absolute Gasteiger partial charge is 0.318 e. The number of hydrogen-bond acceptors (Lipinski definition) is 3. The van der Waals surface area contributed by atoms with E-state index < -0.39 is 17.5 Å². The van der Waals surface area contributed by atoms with E-state index in [0.29, 0.717) is 4.80 Å². The van der Waals surface area contributed by atoms with Crippen molar-refractivity contribution in [3.63, 3.8) is 0 Å². The summed E-state index contributed by atoms with van der Waals surface area (Å²) >= 11 is 7.15. The Hall–Kier alpha value is -2.25. The average molecular weight is 354 g/mol. The van der Waals surface area contributed by atoms with Gasteiger partial charge in [0, 0.05) is 7.05 Å². The van der Waals surface area contributed by atoms with Crippen LogP contribution >= 0.6 is 22.9 Å². The first kappa shape index (κ1) is 15.6. The van der Waals surface area contributed by atoms with Crippen molar-refractivity contribution in [3.8, 4) is 0 Å². The molecule has 4 nitrogen and oxygen atoms in total. The normalized spacial score (nSPS) is 11.9. The fourth-order valence-electron chi connectivity index (χ4n) is 2.04. The minimum Gasteiger partial charge on any atom is -0.318 e. The molecule has 3 aromatic rings. The van der Waals surface area contributed by atoms with E-state index in [1.807, 2.05) is 35.9 Å². The van der Waals surface area contributed by atoms with Crippen LogP contribution in [0.5, 0.6) is 0 Å². The van der Waals surface area contributed by atoms with Crippen LogP contribution in [0.25, 0.3) is 10.2 Å². The van der Waals surface area contributed by atoms with E-state index in [0.717, 1.165) is 22.3 Å². The van der Waals surface area contributed by atoms with Gasteiger partial charge in [-0.3, -0.25) is 4.79 Å². The molecule has 1 amide bonds. The number of benzene rings is 2. The molecular formula is C15H10ClF2N3OS. The Balaban J connectivity index is 1.94. The minimum absolute atomic E-state index is 0.182. The van der Waals surface area contributed by atoms with Crippen LogP contribution in [-0.2, 0) is 7.05 Å². The Morgan fingerprint density at radius 2 is 1.96 bits per heavy atom. The summed E-state index contributed by atoms with van der Waals surface area (Å²) in [4.78, 5) is 12.6. The maximum Gasteiger partial charge on any atom is 0.273 e. The smallest absolute Gasteiger partial charge is 0.273 e. The fraction of sp³-hybridized carbons (Fsp3) is 0.0667. The van der Waals surface area contributed by atoms with Crippen LogP contribution in [0.15, 0.2) is 41.5 Å². The summed E-state index contributed by atoms with van der Waals surface area (Å²) in [6.45, 7) is 0. The number of hydrogen-bond donors (Lipinski definition) is 1. The number of fused-ring (bicyclic) bond motifs is 1. The van der Waals surface area contributed by atoms with Gasteiger partial charge in [-0.05, 0) is 24.3 Å². The second kappa shape index (κ2) is 6.10. The van der Waals surface area contributed by atoms with Crippen molar-refractivity contribution >= 4 is 39.1 Å². The molecule has 118 valence electrons. The molecule has 0 saturated carbocycles. The van der Waals surface area contributed by atoms with Crippen LogP contribution in [0.3, 0.4) is 0 Å². The highest BCUT2D eigenvalue weighted by Gasteiger charge is 2.14. The van der Waals surface area contributed by atoms with E-state index in [1.165, 1.54) is 11.3 Å². The Bertz CT molecular complexity index is 981. The molecule has 0 aliphatic carbocycles. The van der Waals surface area contributed by atoms with Gasteiger partial charge in [-0.15, -0.1) is 5.10 Å². The second-order valence-corrected chi connectivity index (χ2v) is 6.13. The third kappa shape index (κ3) is 2.97. The van der Waals surface area contributed by atoms with Crippen LogP contribution in [0.1, 0.15) is 10.4 Å². The number of amides is 1. The molecular weight excluding hydrogens is 344 g/mol. The van der Waals surface area contributed by atoms with Gasteiger partial charge in [-0.25, -0.2) is 14.2 Å². The highest BCUT2D eigenvalue weighted by Crippen LogP contribution is 2.20.